The predicted molar refractivity (Wildman–Crippen MR) is 255 cm³/mol. The lowest BCUT2D eigenvalue weighted by molar-refractivity contribution is -0.133. The zero-order valence-corrected chi connectivity index (χ0v) is 38.8. The van der Waals surface area contributed by atoms with Crippen LogP contribution in [0.4, 0.5) is 24.5 Å². The lowest BCUT2D eigenvalue weighted by Crippen LogP contribution is -2.47. The number of carbonyl (C=O) groups excluding carboxylic acids is 3. The van der Waals surface area contributed by atoms with Gasteiger partial charge < -0.3 is 20.1 Å². The summed E-state index contributed by atoms with van der Waals surface area (Å²) in [5, 5.41) is 14.0. The molecule has 0 aliphatic carbocycles. The minimum absolute atomic E-state index is 0.0437. The highest BCUT2D eigenvalue weighted by Gasteiger charge is 2.31. The van der Waals surface area contributed by atoms with Gasteiger partial charge in [0.2, 0.25) is 11.8 Å². The Kier molecular flexibility index (Phi) is 12.5. The van der Waals surface area contributed by atoms with Gasteiger partial charge in [-0.15, -0.1) is 0 Å². The van der Waals surface area contributed by atoms with Gasteiger partial charge >= 0.3 is 0 Å². The number of aryl methyl sites for hydroxylation is 1. The zero-order valence-electron chi connectivity index (χ0n) is 38.8. The number of imide groups is 1. The first-order chi connectivity index (χ1) is 33.3. The van der Waals surface area contributed by atoms with E-state index in [1.807, 2.05) is 40.6 Å². The van der Waals surface area contributed by atoms with E-state index in [0.717, 1.165) is 77.6 Å². The SMILES string of the molecule is CNc1ccn(-c2ccnc3c2cc([C@@H](C)N2CC=C(c4c(F)cc(C(=O)N5CCn6nc(CN7CCC(c8ccc(NC9CCC(=O)NC9=O)cc8F)CC7)cc6C5)cc4F)CC2)n3C)c(=O)c1. The molecule has 2 atom stereocenters. The monoisotopic (exact) mass is 941 g/mol. The molecule has 2 aromatic carbocycles. The number of fused-ring (bicyclic) bond motifs is 2. The van der Waals surface area contributed by atoms with Gasteiger partial charge in [0.05, 0.1) is 30.2 Å². The van der Waals surface area contributed by atoms with Crippen LogP contribution in [0.25, 0.3) is 22.3 Å². The van der Waals surface area contributed by atoms with Crippen LogP contribution in [0.5, 0.6) is 0 Å². The first-order valence-corrected chi connectivity index (χ1v) is 23.6. The second-order valence-electron chi connectivity index (χ2n) is 18.5. The maximum absolute atomic E-state index is 15.9. The number of hydrogen-bond donors (Lipinski definition) is 3. The number of rotatable bonds is 11. The number of benzene rings is 2. The molecule has 18 heteroatoms. The molecule has 6 aromatic rings. The van der Waals surface area contributed by atoms with Gasteiger partial charge in [0.1, 0.15) is 29.1 Å². The van der Waals surface area contributed by atoms with Crippen LogP contribution in [0.3, 0.4) is 0 Å². The highest BCUT2D eigenvalue weighted by atomic mass is 19.1. The third kappa shape index (κ3) is 9.05. The van der Waals surface area contributed by atoms with Gasteiger partial charge in [-0.2, -0.15) is 5.10 Å². The van der Waals surface area contributed by atoms with Crippen molar-refractivity contribution < 1.29 is 27.6 Å². The van der Waals surface area contributed by atoms with Crippen LogP contribution in [-0.2, 0) is 36.3 Å². The van der Waals surface area contributed by atoms with E-state index in [1.54, 1.807) is 47.1 Å². The molecule has 4 aliphatic rings. The van der Waals surface area contributed by atoms with Gasteiger partial charge in [-0.1, -0.05) is 12.1 Å². The molecule has 8 heterocycles. The first kappa shape index (κ1) is 45.7. The number of aromatic nitrogens is 5. The van der Waals surface area contributed by atoms with E-state index >= 15 is 13.2 Å². The van der Waals surface area contributed by atoms with Gasteiger partial charge in [0.25, 0.3) is 11.5 Å². The summed E-state index contributed by atoms with van der Waals surface area (Å²) < 4.78 is 52.7. The number of piperidine rings is 2. The molecule has 0 spiro atoms. The van der Waals surface area contributed by atoms with Crippen molar-refractivity contribution in [3.63, 3.8) is 0 Å². The molecule has 69 heavy (non-hydrogen) atoms. The summed E-state index contributed by atoms with van der Waals surface area (Å²) in [6, 6.07) is 15.9. The summed E-state index contributed by atoms with van der Waals surface area (Å²) in [4.78, 5) is 61.1. The van der Waals surface area contributed by atoms with Crippen LogP contribution in [0.15, 0.2) is 83.9 Å². The Morgan fingerprint density at radius 1 is 0.884 bits per heavy atom. The van der Waals surface area contributed by atoms with Crippen molar-refractivity contribution in [1.29, 1.82) is 0 Å². The van der Waals surface area contributed by atoms with E-state index in [-0.39, 0.29) is 53.3 Å². The Bertz CT molecular complexity index is 3070. The number of hydrogen-bond acceptors (Lipinski definition) is 10. The second kappa shape index (κ2) is 18.8. The zero-order chi connectivity index (χ0) is 48.1. The summed E-state index contributed by atoms with van der Waals surface area (Å²) in [5.74, 6) is -2.98. The molecular formula is C51H54F3N11O4. The standard InChI is InChI=1S/C51H54F3N11O4/c1-30(45-27-39-44(8-14-56-49(39)60(45)3)64-19-13-34(55-2)26-47(64)67)62-17-11-32(12-18-62)48-41(53)22-33(23-42(48)54)51(69)63-20-21-65-37(29-63)24-36(59-65)28-61-15-9-31(10-16-61)38-5-4-35(25-40(38)52)57-43-6-7-46(66)58-50(43)68/h4-5,8,11,13-14,19,22-27,30-31,43,55,57H,6-7,9-10,12,15-18,20-21,28-29H2,1-3H3,(H,58,66,68)/t30-,43?/m1/s1. The van der Waals surface area contributed by atoms with Crippen LogP contribution in [-0.4, -0.2) is 102 Å². The third-order valence-electron chi connectivity index (χ3n) is 14.4. The minimum Gasteiger partial charge on any atom is -0.388 e. The number of pyridine rings is 2. The Morgan fingerprint density at radius 3 is 2.39 bits per heavy atom. The van der Waals surface area contributed by atoms with Crippen molar-refractivity contribution in [2.45, 2.75) is 76.7 Å². The quantitative estimate of drug-likeness (QED) is 0.123. The molecule has 0 bridgehead atoms. The van der Waals surface area contributed by atoms with Crippen LogP contribution < -0.4 is 21.5 Å². The molecule has 0 saturated carbocycles. The molecule has 1 unspecified atom stereocenters. The smallest absolute Gasteiger partial charge is 0.257 e. The second-order valence-corrected chi connectivity index (χ2v) is 18.5. The van der Waals surface area contributed by atoms with Gasteiger partial charge in [0.15, 0.2) is 0 Å². The Balaban J connectivity index is 0.741. The Morgan fingerprint density at radius 2 is 1.68 bits per heavy atom. The molecule has 2 fully saturated rings. The summed E-state index contributed by atoms with van der Waals surface area (Å²) in [6.07, 6.45) is 7.82. The molecule has 358 valence electrons. The molecular weight excluding hydrogens is 888 g/mol. The van der Waals surface area contributed by atoms with Gasteiger partial charge in [-0.05, 0) is 111 Å². The topological polar surface area (TPSA) is 155 Å². The molecule has 4 aromatic heterocycles. The number of halogens is 3. The fraction of sp³-hybridized carbons (Fsp3) is 0.373. The molecule has 4 aliphatic heterocycles. The Labute approximate surface area is 396 Å². The lowest BCUT2D eigenvalue weighted by atomic mass is 9.89. The summed E-state index contributed by atoms with van der Waals surface area (Å²) >= 11 is 0. The molecule has 10 rings (SSSR count). The van der Waals surface area contributed by atoms with E-state index in [0.29, 0.717) is 62.4 Å². The van der Waals surface area contributed by atoms with Gasteiger partial charge in [-0.3, -0.25) is 43.5 Å². The number of amides is 3. The third-order valence-corrected chi connectivity index (χ3v) is 14.4. The summed E-state index contributed by atoms with van der Waals surface area (Å²) in [6.45, 7) is 6.21. The minimum atomic E-state index is -0.772. The average Bonchev–Trinajstić information content (AvgIpc) is 3.91. The van der Waals surface area contributed by atoms with Crippen molar-refractivity contribution in [3.05, 3.63) is 141 Å². The highest BCUT2D eigenvalue weighted by Crippen LogP contribution is 2.35. The van der Waals surface area contributed by atoms with E-state index in [1.165, 1.54) is 6.07 Å². The Hall–Kier alpha value is -7.05. The number of anilines is 2. The van der Waals surface area contributed by atoms with E-state index < -0.39 is 29.5 Å². The van der Waals surface area contributed by atoms with Crippen LogP contribution in [0, 0.1) is 17.5 Å². The number of nitrogens with zero attached hydrogens (tertiary/aromatic N) is 8. The fourth-order valence-electron chi connectivity index (χ4n) is 10.5. The molecule has 15 nitrogen and oxygen atoms in total. The fourth-order valence-corrected chi connectivity index (χ4v) is 10.5. The molecule has 3 N–H and O–H groups in total. The van der Waals surface area contributed by atoms with Crippen LogP contribution in [0.1, 0.15) is 89.6 Å². The maximum atomic E-state index is 15.9. The van der Waals surface area contributed by atoms with E-state index in [9.17, 15) is 19.2 Å². The van der Waals surface area contributed by atoms with Crippen molar-refractivity contribution in [2.24, 2.45) is 7.05 Å². The number of likely N-dealkylation sites (tertiary alicyclic amines) is 1. The van der Waals surface area contributed by atoms with Gasteiger partial charge in [-0.25, -0.2) is 18.2 Å². The largest absolute Gasteiger partial charge is 0.388 e. The van der Waals surface area contributed by atoms with Crippen molar-refractivity contribution in [1.82, 2.24) is 43.9 Å². The maximum Gasteiger partial charge on any atom is 0.257 e. The predicted octanol–water partition coefficient (Wildman–Crippen LogP) is 6.48. The van der Waals surface area contributed by atoms with Crippen molar-refractivity contribution >= 4 is 45.7 Å². The normalized spacial score (nSPS) is 18.8. The summed E-state index contributed by atoms with van der Waals surface area (Å²) in [7, 11) is 3.71. The summed E-state index contributed by atoms with van der Waals surface area (Å²) in [5.41, 5.74) is 6.24. The molecule has 3 amide bonds. The first-order valence-electron chi connectivity index (χ1n) is 23.6. The van der Waals surface area contributed by atoms with Crippen molar-refractivity contribution in [3.8, 4) is 5.69 Å². The van der Waals surface area contributed by atoms with E-state index in [4.69, 9.17) is 5.10 Å². The average molecular weight is 942 g/mol. The molecule has 2 saturated heterocycles. The van der Waals surface area contributed by atoms with Crippen molar-refractivity contribution in [2.75, 3.05) is 50.4 Å². The highest BCUT2D eigenvalue weighted by molar-refractivity contribution is 6.01. The molecule has 0 radical (unpaired) electrons. The number of nitrogens with one attached hydrogen (secondary N) is 3. The van der Waals surface area contributed by atoms with Gasteiger partial charge in [0, 0.05) is 105 Å². The van der Waals surface area contributed by atoms with E-state index in [2.05, 4.69) is 43.7 Å². The lowest BCUT2D eigenvalue weighted by Gasteiger charge is -2.32. The van der Waals surface area contributed by atoms with Crippen LogP contribution in [0.2, 0.25) is 0 Å². The van der Waals surface area contributed by atoms with Crippen LogP contribution >= 0.6 is 0 Å². The number of carbonyl (C=O) groups is 3.